The first-order valence-corrected chi connectivity index (χ1v) is 10.0. The van der Waals surface area contributed by atoms with E-state index in [-0.39, 0.29) is 5.91 Å². The van der Waals surface area contributed by atoms with Crippen molar-refractivity contribution in [2.75, 3.05) is 13.6 Å². The van der Waals surface area contributed by atoms with E-state index in [1.165, 1.54) is 18.2 Å². The SMILES string of the molecule is CNCC1CCC(CC(=O)NC(C=O)Cc2ccc3ccccc3c2)CC1. The van der Waals surface area contributed by atoms with E-state index in [2.05, 4.69) is 34.9 Å². The van der Waals surface area contributed by atoms with E-state index in [0.29, 0.717) is 18.8 Å². The average Bonchev–Trinajstić information content (AvgIpc) is 2.69. The largest absolute Gasteiger partial charge is 0.346 e. The summed E-state index contributed by atoms with van der Waals surface area (Å²) in [5.74, 6) is 1.20. The van der Waals surface area contributed by atoms with Gasteiger partial charge in [0, 0.05) is 6.42 Å². The molecule has 4 nitrogen and oxygen atoms in total. The summed E-state index contributed by atoms with van der Waals surface area (Å²) < 4.78 is 0. The maximum absolute atomic E-state index is 12.4. The number of nitrogens with one attached hydrogen (secondary N) is 2. The highest BCUT2D eigenvalue weighted by Crippen LogP contribution is 2.30. The van der Waals surface area contributed by atoms with Crippen molar-refractivity contribution in [1.29, 1.82) is 0 Å². The number of benzene rings is 2. The van der Waals surface area contributed by atoms with Gasteiger partial charge in [-0.05, 0) is 73.9 Å². The molecule has 0 aliphatic heterocycles. The second kappa shape index (κ2) is 9.65. The van der Waals surface area contributed by atoms with E-state index < -0.39 is 6.04 Å². The molecule has 4 heteroatoms. The number of fused-ring (bicyclic) bond motifs is 1. The van der Waals surface area contributed by atoms with Gasteiger partial charge in [-0.3, -0.25) is 4.79 Å². The quantitative estimate of drug-likeness (QED) is 0.703. The molecule has 0 spiro atoms. The molecule has 1 saturated carbocycles. The van der Waals surface area contributed by atoms with Gasteiger partial charge in [0.25, 0.3) is 0 Å². The van der Waals surface area contributed by atoms with Crippen molar-refractivity contribution >= 4 is 23.0 Å². The van der Waals surface area contributed by atoms with Crippen LogP contribution in [0.2, 0.25) is 0 Å². The molecular weight excluding hydrogens is 336 g/mol. The highest BCUT2D eigenvalue weighted by molar-refractivity contribution is 5.83. The third-order valence-electron chi connectivity index (χ3n) is 5.71. The van der Waals surface area contributed by atoms with E-state index in [9.17, 15) is 9.59 Å². The van der Waals surface area contributed by atoms with Gasteiger partial charge in [-0.1, -0.05) is 42.5 Å². The lowest BCUT2D eigenvalue weighted by atomic mass is 9.80. The first-order chi connectivity index (χ1) is 13.2. The van der Waals surface area contributed by atoms with E-state index in [4.69, 9.17) is 0 Å². The number of carbonyl (C=O) groups is 2. The number of rotatable bonds is 8. The van der Waals surface area contributed by atoms with Gasteiger partial charge in [0.1, 0.15) is 6.29 Å². The lowest BCUT2D eigenvalue weighted by Crippen LogP contribution is -2.38. The molecule has 2 aromatic rings. The fourth-order valence-corrected chi connectivity index (χ4v) is 4.21. The van der Waals surface area contributed by atoms with Gasteiger partial charge in [0.2, 0.25) is 5.91 Å². The molecule has 0 heterocycles. The van der Waals surface area contributed by atoms with Crippen molar-refractivity contribution in [3.8, 4) is 0 Å². The van der Waals surface area contributed by atoms with Crippen LogP contribution in [0.1, 0.15) is 37.7 Å². The fourth-order valence-electron chi connectivity index (χ4n) is 4.21. The molecule has 1 atom stereocenters. The molecule has 1 fully saturated rings. The van der Waals surface area contributed by atoms with Crippen LogP contribution in [-0.4, -0.2) is 31.8 Å². The van der Waals surface area contributed by atoms with Crippen molar-refractivity contribution in [1.82, 2.24) is 10.6 Å². The highest BCUT2D eigenvalue weighted by Gasteiger charge is 2.23. The van der Waals surface area contributed by atoms with Gasteiger partial charge in [0.05, 0.1) is 6.04 Å². The minimum Gasteiger partial charge on any atom is -0.346 e. The lowest BCUT2D eigenvalue weighted by molar-refractivity contribution is -0.125. The van der Waals surface area contributed by atoms with Crippen LogP contribution in [0, 0.1) is 11.8 Å². The summed E-state index contributed by atoms with van der Waals surface area (Å²) in [6.45, 7) is 1.07. The summed E-state index contributed by atoms with van der Waals surface area (Å²) in [6, 6.07) is 13.9. The van der Waals surface area contributed by atoms with Crippen LogP contribution >= 0.6 is 0 Å². The van der Waals surface area contributed by atoms with E-state index in [1.807, 2.05) is 25.2 Å². The predicted molar refractivity (Wildman–Crippen MR) is 110 cm³/mol. The van der Waals surface area contributed by atoms with Crippen LogP contribution in [0.25, 0.3) is 10.8 Å². The van der Waals surface area contributed by atoms with Crippen molar-refractivity contribution < 1.29 is 9.59 Å². The molecule has 0 bridgehead atoms. The summed E-state index contributed by atoms with van der Waals surface area (Å²) >= 11 is 0. The van der Waals surface area contributed by atoms with Gasteiger partial charge in [-0.2, -0.15) is 0 Å². The topological polar surface area (TPSA) is 58.2 Å². The predicted octanol–water partition coefficient (Wildman–Crippen LogP) is 3.48. The van der Waals surface area contributed by atoms with Gasteiger partial charge in [-0.25, -0.2) is 0 Å². The summed E-state index contributed by atoms with van der Waals surface area (Å²) in [5.41, 5.74) is 1.07. The Hall–Kier alpha value is -2.20. The smallest absolute Gasteiger partial charge is 0.220 e. The minimum absolute atomic E-state index is 0.00459. The van der Waals surface area contributed by atoms with Crippen molar-refractivity contribution in [2.45, 2.75) is 44.6 Å². The Balaban J connectivity index is 1.50. The van der Waals surface area contributed by atoms with Gasteiger partial charge >= 0.3 is 0 Å². The number of amides is 1. The molecule has 1 aliphatic rings. The van der Waals surface area contributed by atoms with Crippen molar-refractivity contribution in [3.63, 3.8) is 0 Å². The van der Waals surface area contributed by atoms with Gasteiger partial charge in [-0.15, -0.1) is 0 Å². The average molecular weight is 367 g/mol. The third-order valence-corrected chi connectivity index (χ3v) is 5.71. The van der Waals surface area contributed by atoms with Crippen molar-refractivity contribution in [2.24, 2.45) is 11.8 Å². The number of aldehydes is 1. The second-order valence-corrected chi connectivity index (χ2v) is 7.84. The van der Waals surface area contributed by atoms with E-state index >= 15 is 0 Å². The summed E-state index contributed by atoms with van der Waals surface area (Å²) in [6.07, 6.45) is 6.52. The molecular formula is C23H30N2O2. The molecule has 0 saturated heterocycles. The van der Waals surface area contributed by atoms with Crippen LogP contribution in [0.15, 0.2) is 42.5 Å². The number of hydrogen-bond donors (Lipinski definition) is 2. The molecule has 0 aromatic heterocycles. The molecule has 2 aromatic carbocycles. The molecule has 0 radical (unpaired) electrons. The standard InChI is InChI=1S/C23H30N2O2/c1-24-15-18-8-6-17(7-9-18)14-23(27)25-22(16-26)13-19-10-11-20-4-2-3-5-21(20)12-19/h2-5,10-12,16-18,22,24H,6-9,13-15H2,1H3,(H,25,27). The maximum atomic E-state index is 12.4. The second-order valence-electron chi connectivity index (χ2n) is 7.84. The van der Waals surface area contributed by atoms with Crippen molar-refractivity contribution in [3.05, 3.63) is 48.0 Å². The zero-order valence-corrected chi connectivity index (χ0v) is 16.1. The Kier molecular flexibility index (Phi) is 6.99. The lowest BCUT2D eigenvalue weighted by Gasteiger charge is -2.28. The Morgan fingerprint density at radius 1 is 1.07 bits per heavy atom. The minimum atomic E-state index is -0.459. The Labute approximate surface area is 161 Å². The normalized spacial score (nSPS) is 20.9. The molecule has 3 rings (SSSR count). The Bertz CT molecular complexity index is 766. The maximum Gasteiger partial charge on any atom is 0.220 e. The molecule has 144 valence electrons. The van der Waals surface area contributed by atoms with E-state index in [1.54, 1.807) is 0 Å². The van der Waals surface area contributed by atoms with Crippen LogP contribution in [0.5, 0.6) is 0 Å². The summed E-state index contributed by atoms with van der Waals surface area (Å²) in [5, 5.41) is 8.51. The summed E-state index contributed by atoms with van der Waals surface area (Å²) in [7, 11) is 1.99. The third kappa shape index (κ3) is 5.64. The first-order valence-electron chi connectivity index (χ1n) is 10.0. The van der Waals surface area contributed by atoms with Gasteiger partial charge < -0.3 is 15.4 Å². The Morgan fingerprint density at radius 2 is 1.78 bits per heavy atom. The number of carbonyl (C=O) groups excluding carboxylic acids is 2. The fraction of sp³-hybridized carbons (Fsp3) is 0.478. The molecule has 1 unspecified atom stereocenters. The van der Waals surface area contributed by atoms with Crippen LogP contribution in [-0.2, 0) is 16.0 Å². The zero-order chi connectivity index (χ0) is 19.1. The van der Waals surface area contributed by atoms with Crippen LogP contribution < -0.4 is 10.6 Å². The van der Waals surface area contributed by atoms with Crippen LogP contribution in [0.4, 0.5) is 0 Å². The molecule has 27 heavy (non-hydrogen) atoms. The van der Waals surface area contributed by atoms with E-state index in [0.717, 1.165) is 42.5 Å². The zero-order valence-electron chi connectivity index (χ0n) is 16.1. The summed E-state index contributed by atoms with van der Waals surface area (Å²) in [4.78, 5) is 23.9. The monoisotopic (exact) mass is 366 g/mol. The Morgan fingerprint density at radius 3 is 2.48 bits per heavy atom. The molecule has 1 aliphatic carbocycles. The van der Waals surface area contributed by atoms with Crippen LogP contribution in [0.3, 0.4) is 0 Å². The molecule has 2 N–H and O–H groups in total. The molecule has 1 amide bonds. The first kappa shape index (κ1) is 19.6. The number of hydrogen-bond acceptors (Lipinski definition) is 3. The van der Waals surface area contributed by atoms with Gasteiger partial charge in [0.15, 0.2) is 0 Å². The highest BCUT2D eigenvalue weighted by atomic mass is 16.2.